The first-order valence-electron chi connectivity index (χ1n) is 9.24. The highest BCUT2D eigenvalue weighted by Gasteiger charge is 2.31. The van der Waals surface area contributed by atoms with Crippen LogP contribution < -0.4 is 10.6 Å². The predicted molar refractivity (Wildman–Crippen MR) is 107 cm³/mol. The minimum Gasteiger partial charge on any atom is -0.423 e. The number of carbonyl (C=O) groups is 1. The Morgan fingerprint density at radius 3 is 2.71 bits per heavy atom. The Balaban J connectivity index is 1.59. The van der Waals surface area contributed by atoms with Gasteiger partial charge in [-0.15, -0.1) is 0 Å². The van der Waals surface area contributed by atoms with Gasteiger partial charge in [0, 0.05) is 26.3 Å². The van der Waals surface area contributed by atoms with Crippen LogP contribution in [0, 0.1) is 0 Å². The first-order chi connectivity index (χ1) is 14.8. The highest BCUT2D eigenvalue weighted by molar-refractivity contribution is 5.97. The van der Waals surface area contributed by atoms with Gasteiger partial charge in [0.05, 0.1) is 23.2 Å². The fraction of sp³-hybridized carbons (Fsp3) is 0.250. The Kier molecular flexibility index (Phi) is 5.27. The van der Waals surface area contributed by atoms with Gasteiger partial charge in [0.2, 0.25) is 5.95 Å². The number of rotatable bonds is 6. The molecule has 2 heterocycles. The molecule has 0 aliphatic carbocycles. The van der Waals surface area contributed by atoms with E-state index < -0.39 is 11.7 Å². The monoisotopic (exact) mass is 433 g/mol. The summed E-state index contributed by atoms with van der Waals surface area (Å²) < 4.78 is 50.7. The van der Waals surface area contributed by atoms with E-state index in [-0.39, 0.29) is 23.0 Å². The number of oxazole rings is 1. The number of imidazole rings is 1. The van der Waals surface area contributed by atoms with Crippen molar-refractivity contribution in [2.45, 2.75) is 6.18 Å². The molecule has 11 heteroatoms. The molecule has 2 aromatic carbocycles. The Labute approximate surface area is 174 Å². The zero-order valence-corrected chi connectivity index (χ0v) is 16.6. The number of hydrogen-bond acceptors (Lipinski definition) is 6. The second kappa shape index (κ2) is 7.91. The van der Waals surface area contributed by atoms with Gasteiger partial charge in [-0.05, 0) is 36.4 Å². The molecule has 0 spiro atoms. The van der Waals surface area contributed by atoms with E-state index in [1.165, 1.54) is 6.07 Å². The van der Waals surface area contributed by atoms with Crippen LogP contribution in [0.15, 0.2) is 40.8 Å². The van der Waals surface area contributed by atoms with Crippen molar-refractivity contribution < 1.29 is 27.1 Å². The Morgan fingerprint density at radius 1 is 1.16 bits per heavy atom. The van der Waals surface area contributed by atoms with E-state index in [1.807, 2.05) is 0 Å². The maximum absolute atomic E-state index is 12.9. The molecule has 0 aliphatic rings. The first-order valence-corrected chi connectivity index (χ1v) is 9.24. The predicted octanol–water partition coefficient (Wildman–Crippen LogP) is 3.85. The molecule has 0 atom stereocenters. The molecule has 4 aromatic rings. The Bertz CT molecular complexity index is 1260. The fourth-order valence-corrected chi connectivity index (χ4v) is 3.07. The number of aromatic nitrogens is 3. The number of carbonyl (C=O) groups excluding carboxylic acids is 1. The number of nitrogens with zero attached hydrogens (tertiary/aromatic N) is 3. The molecule has 162 valence electrons. The van der Waals surface area contributed by atoms with Crippen molar-refractivity contribution >= 4 is 40.0 Å². The number of anilines is 2. The summed E-state index contributed by atoms with van der Waals surface area (Å²) in [6.45, 7) is 0.788. The van der Waals surface area contributed by atoms with Crippen molar-refractivity contribution in [1.82, 2.24) is 19.9 Å². The molecule has 0 aliphatic heterocycles. The molecular weight excluding hydrogens is 415 g/mol. The number of amides is 1. The molecule has 0 saturated heterocycles. The van der Waals surface area contributed by atoms with E-state index in [2.05, 4.69) is 20.6 Å². The summed E-state index contributed by atoms with van der Waals surface area (Å²) in [5.41, 5.74) is 1.21. The highest BCUT2D eigenvalue weighted by Crippen LogP contribution is 2.32. The van der Waals surface area contributed by atoms with Crippen LogP contribution in [0.1, 0.15) is 15.9 Å². The molecule has 8 nitrogen and oxygen atoms in total. The summed E-state index contributed by atoms with van der Waals surface area (Å²) in [6.07, 6.45) is -4.47. The average molecular weight is 433 g/mol. The summed E-state index contributed by atoms with van der Waals surface area (Å²) >= 11 is 0. The minimum atomic E-state index is -4.47. The third-order valence-corrected chi connectivity index (χ3v) is 4.67. The number of alkyl halides is 3. The van der Waals surface area contributed by atoms with Crippen LogP contribution in [0.25, 0.3) is 22.1 Å². The quantitative estimate of drug-likeness (QED) is 0.449. The van der Waals surface area contributed by atoms with E-state index in [4.69, 9.17) is 9.15 Å². The number of hydrogen-bond donors (Lipinski definition) is 2. The van der Waals surface area contributed by atoms with Crippen LogP contribution in [-0.2, 0) is 18.0 Å². The van der Waals surface area contributed by atoms with Crippen molar-refractivity contribution in [1.29, 1.82) is 0 Å². The number of fused-ring (bicyclic) bond motifs is 2. The Hall–Kier alpha value is -3.60. The summed E-state index contributed by atoms with van der Waals surface area (Å²) in [7, 11) is 3.30. The van der Waals surface area contributed by atoms with E-state index >= 15 is 0 Å². The minimum absolute atomic E-state index is 0.00487. The smallest absolute Gasteiger partial charge is 0.416 e. The summed E-state index contributed by atoms with van der Waals surface area (Å²) in [6, 6.07) is 8.17. The van der Waals surface area contributed by atoms with Crippen molar-refractivity contribution in [3.05, 3.63) is 47.5 Å². The largest absolute Gasteiger partial charge is 0.423 e. The van der Waals surface area contributed by atoms with Gasteiger partial charge in [0.1, 0.15) is 5.52 Å². The summed E-state index contributed by atoms with van der Waals surface area (Å²) in [5, 5.41) is 5.61. The van der Waals surface area contributed by atoms with Crippen LogP contribution in [0.5, 0.6) is 0 Å². The molecule has 0 fully saturated rings. The van der Waals surface area contributed by atoms with Crippen LogP contribution in [0.4, 0.5) is 25.1 Å². The topological polar surface area (TPSA) is 94.2 Å². The number of ether oxygens (including phenoxy) is 1. The second-order valence-corrected chi connectivity index (χ2v) is 6.77. The molecule has 4 rings (SSSR count). The lowest BCUT2D eigenvalue weighted by Gasteiger charge is -2.04. The van der Waals surface area contributed by atoms with Gasteiger partial charge in [-0.2, -0.15) is 18.2 Å². The molecule has 1 amide bonds. The normalized spacial score (nSPS) is 11.9. The number of aryl methyl sites for hydroxylation is 1. The van der Waals surface area contributed by atoms with Gasteiger partial charge in [-0.25, -0.2) is 4.98 Å². The third-order valence-electron chi connectivity index (χ3n) is 4.67. The van der Waals surface area contributed by atoms with Crippen LogP contribution in [-0.4, -0.2) is 40.7 Å². The van der Waals surface area contributed by atoms with Crippen LogP contribution >= 0.6 is 0 Å². The molecule has 2 aromatic heterocycles. The van der Waals surface area contributed by atoms with Crippen molar-refractivity contribution in [3.8, 4) is 0 Å². The van der Waals surface area contributed by atoms with E-state index in [1.54, 1.807) is 36.9 Å². The van der Waals surface area contributed by atoms with E-state index in [0.29, 0.717) is 30.2 Å². The lowest BCUT2D eigenvalue weighted by atomic mass is 10.2. The molecule has 0 saturated carbocycles. The van der Waals surface area contributed by atoms with Crippen molar-refractivity contribution in [3.63, 3.8) is 0 Å². The number of methoxy groups -OCH3 is 1. The third kappa shape index (κ3) is 4.17. The lowest BCUT2D eigenvalue weighted by molar-refractivity contribution is -0.137. The summed E-state index contributed by atoms with van der Waals surface area (Å²) in [5.74, 6) is 0.105. The second-order valence-electron chi connectivity index (χ2n) is 6.77. The molecule has 31 heavy (non-hydrogen) atoms. The number of benzene rings is 2. The number of nitrogens with one attached hydrogen (secondary N) is 2. The lowest BCUT2D eigenvalue weighted by Crippen LogP contribution is -2.26. The zero-order chi connectivity index (χ0) is 22.2. The van der Waals surface area contributed by atoms with Gasteiger partial charge < -0.3 is 19.0 Å². The SMILES string of the molecule is COCCNC(=O)c1ccc2c(c1)nc(Nc1nc3ccc(C(F)(F)F)cc3o1)n2C. The van der Waals surface area contributed by atoms with Crippen molar-refractivity contribution in [2.75, 3.05) is 25.6 Å². The number of halogens is 3. The van der Waals surface area contributed by atoms with Gasteiger partial charge in [-0.3, -0.25) is 10.1 Å². The zero-order valence-electron chi connectivity index (χ0n) is 16.6. The van der Waals surface area contributed by atoms with E-state index in [0.717, 1.165) is 17.6 Å². The van der Waals surface area contributed by atoms with Crippen molar-refractivity contribution in [2.24, 2.45) is 7.05 Å². The van der Waals surface area contributed by atoms with E-state index in [9.17, 15) is 18.0 Å². The maximum Gasteiger partial charge on any atom is 0.416 e. The fourth-order valence-electron chi connectivity index (χ4n) is 3.07. The molecule has 0 radical (unpaired) electrons. The molecular formula is C20H18F3N5O3. The summed E-state index contributed by atoms with van der Waals surface area (Å²) in [4.78, 5) is 20.8. The Morgan fingerprint density at radius 2 is 1.97 bits per heavy atom. The molecule has 0 unspecified atom stereocenters. The van der Waals surface area contributed by atoms with Crippen LogP contribution in [0.2, 0.25) is 0 Å². The van der Waals surface area contributed by atoms with Gasteiger partial charge in [-0.1, -0.05) is 0 Å². The highest BCUT2D eigenvalue weighted by atomic mass is 19.4. The maximum atomic E-state index is 12.9. The molecule has 2 N–H and O–H groups in total. The van der Waals surface area contributed by atoms with Gasteiger partial charge >= 0.3 is 12.2 Å². The molecule has 0 bridgehead atoms. The average Bonchev–Trinajstić information content (AvgIpc) is 3.27. The van der Waals surface area contributed by atoms with Gasteiger partial charge in [0.25, 0.3) is 5.91 Å². The van der Waals surface area contributed by atoms with Gasteiger partial charge in [0.15, 0.2) is 5.58 Å². The van der Waals surface area contributed by atoms with Crippen LogP contribution in [0.3, 0.4) is 0 Å². The first kappa shape index (κ1) is 20.7. The standard InChI is InChI=1S/C20H18F3N5O3/c1-28-15-6-3-11(17(29)24-7-8-30-2)9-14(15)25-18(28)27-19-26-13-5-4-12(20(21,22)23)10-16(13)31-19/h3-6,9-10H,7-8H2,1-2H3,(H,24,29)(H,25,26,27).